The largest absolute Gasteiger partial charge is 0.444 e. The minimum Gasteiger partial charge on any atom is -0.444 e. The molecule has 228 valence electrons. The first-order valence-corrected chi connectivity index (χ1v) is 13.7. The van der Waals surface area contributed by atoms with Gasteiger partial charge in [-0.25, -0.2) is 9.78 Å². The van der Waals surface area contributed by atoms with Crippen molar-refractivity contribution in [3.8, 4) is 0 Å². The van der Waals surface area contributed by atoms with Crippen LogP contribution in [0, 0.1) is 0 Å². The van der Waals surface area contributed by atoms with Crippen LogP contribution in [-0.4, -0.2) is 63.9 Å². The maximum absolute atomic E-state index is 13.2. The topological polar surface area (TPSA) is 181 Å². The van der Waals surface area contributed by atoms with Crippen LogP contribution in [-0.2, 0) is 9.53 Å². The number of hydrogen-bond donors (Lipinski definition) is 5. The third-order valence-corrected chi connectivity index (χ3v) is 6.03. The molecular formula is C30H38N8O5. The highest BCUT2D eigenvalue weighted by Gasteiger charge is 2.27. The Morgan fingerprint density at radius 1 is 1.00 bits per heavy atom. The van der Waals surface area contributed by atoms with E-state index in [2.05, 4.69) is 31.2 Å². The molecule has 0 aliphatic carbocycles. The first-order valence-electron chi connectivity index (χ1n) is 13.7. The number of amides is 4. The molecule has 0 saturated carbocycles. The van der Waals surface area contributed by atoms with Crippen molar-refractivity contribution >= 4 is 52.6 Å². The summed E-state index contributed by atoms with van der Waals surface area (Å²) in [6.45, 7) is 9.39. The van der Waals surface area contributed by atoms with Gasteiger partial charge in [-0.05, 0) is 76.6 Å². The van der Waals surface area contributed by atoms with Crippen molar-refractivity contribution in [2.24, 2.45) is 5.73 Å². The van der Waals surface area contributed by atoms with E-state index in [-0.39, 0.29) is 11.5 Å². The zero-order chi connectivity index (χ0) is 31.7. The second kappa shape index (κ2) is 14.1. The van der Waals surface area contributed by atoms with E-state index in [0.29, 0.717) is 35.0 Å². The minimum atomic E-state index is -0.814. The van der Waals surface area contributed by atoms with Crippen LogP contribution in [0.4, 0.5) is 33.6 Å². The fourth-order valence-electron chi connectivity index (χ4n) is 3.62. The molecule has 1 aromatic heterocycles. The standard InChI is InChI=1S/C30H38N8O5/c1-7-15-32-25-23(17-33-28(37-25)36-20-13-11-19(12-14-20)24(31)39)27(41)35-22-10-8-9-21(16-22)34-26(40)18(2)38(6)29(42)43-30(3,4)5/h8-14,16-18H,7,15H2,1-6H3,(H2,31,39)(H,34,40)(H,35,41)(H2,32,33,36,37)/t18-/m0/s1. The molecule has 0 unspecified atom stereocenters. The number of aromatic nitrogens is 2. The van der Waals surface area contributed by atoms with E-state index in [1.807, 2.05) is 6.92 Å². The Balaban J connectivity index is 1.71. The van der Waals surface area contributed by atoms with Crippen molar-refractivity contribution in [1.29, 1.82) is 0 Å². The fraction of sp³-hybridized carbons (Fsp3) is 0.333. The molecule has 0 spiro atoms. The molecule has 6 N–H and O–H groups in total. The van der Waals surface area contributed by atoms with E-state index < -0.39 is 35.5 Å². The number of nitrogens with one attached hydrogen (secondary N) is 4. The summed E-state index contributed by atoms with van der Waals surface area (Å²) in [6, 6.07) is 12.3. The maximum Gasteiger partial charge on any atom is 0.410 e. The highest BCUT2D eigenvalue weighted by Crippen LogP contribution is 2.22. The van der Waals surface area contributed by atoms with Crippen molar-refractivity contribution in [1.82, 2.24) is 14.9 Å². The Labute approximate surface area is 250 Å². The van der Waals surface area contributed by atoms with Crippen molar-refractivity contribution in [2.75, 3.05) is 34.9 Å². The zero-order valence-corrected chi connectivity index (χ0v) is 25.1. The molecule has 0 aliphatic heterocycles. The first kappa shape index (κ1) is 32.3. The predicted octanol–water partition coefficient (Wildman–Crippen LogP) is 4.59. The van der Waals surface area contributed by atoms with Gasteiger partial charge in [0.1, 0.15) is 23.0 Å². The van der Waals surface area contributed by atoms with Crippen molar-refractivity contribution < 1.29 is 23.9 Å². The summed E-state index contributed by atoms with van der Waals surface area (Å²) in [7, 11) is 1.49. The predicted molar refractivity (Wildman–Crippen MR) is 166 cm³/mol. The Hall–Kier alpha value is -5.20. The van der Waals surface area contributed by atoms with Crippen LogP contribution in [0.1, 0.15) is 61.8 Å². The molecule has 0 fully saturated rings. The van der Waals surface area contributed by atoms with Gasteiger partial charge in [0.05, 0.1) is 0 Å². The van der Waals surface area contributed by atoms with Crippen molar-refractivity contribution in [3.63, 3.8) is 0 Å². The number of carbonyl (C=O) groups excluding carboxylic acids is 4. The number of likely N-dealkylation sites (N-methyl/N-ethyl adjacent to an activating group) is 1. The number of carbonyl (C=O) groups is 4. The Kier molecular flexibility index (Phi) is 10.6. The van der Waals surface area contributed by atoms with E-state index >= 15 is 0 Å². The molecule has 0 aliphatic rings. The highest BCUT2D eigenvalue weighted by atomic mass is 16.6. The van der Waals surface area contributed by atoms with E-state index in [1.165, 1.54) is 18.1 Å². The summed E-state index contributed by atoms with van der Waals surface area (Å²) < 4.78 is 5.33. The van der Waals surface area contributed by atoms with Crippen molar-refractivity contribution in [3.05, 3.63) is 65.9 Å². The maximum atomic E-state index is 13.2. The molecule has 4 amide bonds. The Morgan fingerprint density at radius 3 is 2.26 bits per heavy atom. The number of hydrogen-bond acceptors (Lipinski definition) is 9. The number of benzene rings is 2. The molecule has 13 heteroatoms. The van der Waals surface area contributed by atoms with Gasteiger partial charge in [0.25, 0.3) is 5.91 Å². The van der Waals surface area contributed by atoms with Gasteiger partial charge in [-0.1, -0.05) is 13.0 Å². The van der Waals surface area contributed by atoms with Gasteiger partial charge in [0, 0.05) is 42.4 Å². The van der Waals surface area contributed by atoms with Crippen molar-refractivity contribution in [2.45, 2.75) is 52.7 Å². The second-order valence-electron chi connectivity index (χ2n) is 10.7. The highest BCUT2D eigenvalue weighted by molar-refractivity contribution is 6.08. The third-order valence-electron chi connectivity index (χ3n) is 6.03. The van der Waals surface area contributed by atoms with Crippen LogP contribution in [0.25, 0.3) is 0 Å². The quantitative estimate of drug-likeness (QED) is 0.213. The summed E-state index contributed by atoms with van der Waals surface area (Å²) in [6.07, 6.45) is 1.58. The molecule has 1 atom stereocenters. The zero-order valence-electron chi connectivity index (χ0n) is 25.1. The van der Waals surface area contributed by atoms with Crippen LogP contribution in [0.2, 0.25) is 0 Å². The lowest BCUT2D eigenvalue weighted by Crippen LogP contribution is -2.45. The van der Waals surface area contributed by atoms with Gasteiger partial charge >= 0.3 is 6.09 Å². The number of anilines is 5. The van der Waals surface area contributed by atoms with E-state index in [1.54, 1.807) is 76.2 Å². The monoisotopic (exact) mass is 590 g/mol. The molecule has 3 rings (SSSR count). The number of nitrogens with two attached hydrogens (primary N) is 1. The summed E-state index contributed by atoms with van der Waals surface area (Å²) >= 11 is 0. The van der Waals surface area contributed by atoms with E-state index in [9.17, 15) is 19.2 Å². The van der Waals surface area contributed by atoms with Crippen LogP contribution < -0.4 is 27.0 Å². The summed E-state index contributed by atoms with van der Waals surface area (Å²) in [4.78, 5) is 59.7. The molecule has 3 aromatic rings. The van der Waals surface area contributed by atoms with Gasteiger partial charge in [0.2, 0.25) is 17.8 Å². The van der Waals surface area contributed by atoms with Gasteiger partial charge in [-0.2, -0.15) is 4.98 Å². The van der Waals surface area contributed by atoms with Gasteiger partial charge in [0.15, 0.2) is 0 Å². The van der Waals surface area contributed by atoms with E-state index in [0.717, 1.165) is 6.42 Å². The summed E-state index contributed by atoms with van der Waals surface area (Å²) in [5.74, 6) is -0.843. The average Bonchev–Trinajstić information content (AvgIpc) is 2.94. The number of ether oxygens (including phenoxy) is 1. The number of primary amides is 1. The molecule has 1 heterocycles. The van der Waals surface area contributed by atoms with Gasteiger partial charge < -0.3 is 31.7 Å². The Morgan fingerprint density at radius 2 is 1.65 bits per heavy atom. The van der Waals surface area contributed by atoms with Crippen LogP contribution >= 0.6 is 0 Å². The molecule has 13 nitrogen and oxygen atoms in total. The molecule has 0 bridgehead atoms. The number of rotatable bonds is 11. The smallest absolute Gasteiger partial charge is 0.410 e. The van der Waals surface area contributed by atoms with Crippen LogP contribution in [0.15, 0.2) is 54.7 Å². The SMILES string of the molecule is CCCNc1nc(Nc2ccc(C(N)=O)cc2)ncc1C(=O)Nc1cccc(NC(=O)[C@H](C)N(C)C(=O)OC(C)(C)C)c1. The van der Waals surface area contributed by atoms with E-state index in [4.69, 9.17) is 10.5 Å². The van der Waals surface area contributed by atoms with Gasteiger partial charge in [-0.3, -0.25) is 19.3 Å². The lowest BCUT2D eigenvalue weighted by molar-refractivity contribution is -0.120. The number of nitrogens with zero attached hydrogens (tertiary/aromatic N) is 3. The lowest BCUT2D eigenvalue weighted by Gasteiger charge is -2.28. The molecule has 0 saturated heterocycles. The normalized spacial score (nSPS) is 11.6. The second-order valence-corrected chi connectivity index (χ2v) is 10.7. The first-order chi connectivity index (χ1) is 20.3. The summed E-state index contributed by atoms with van der Waals surface area (Å²) in [5, 5.41) is 11.8. The fourth-order valence-corrected chi connectivity index (χ4v) is 3.62. The average molecular weight is 591 g/mol. The van der Waals surface area contributed by atoms with Gasteiger partial charge in [-0.15, -0.1) is 0 Å². The summed E-state index contributed by atoms with van der Waals surface area (Å²) in [5.41, 5.74) is 6.67. The third kappa shape index (κ3) is 9.42. The minimum absolute atomic E-state index is 0.213. The lowest BCUT2D eigenvalue weighted by atomic mass is 10.2. The Bertz CT molecular complexity index is 1470. The molecule has 2 aromatic carbocycles. The van der Waals surface area contributed by atoms with Crippen LogP contribution in [0.3, 0.4) is 0 Å². The molecule has 0 radical (unpaired) electrons. The molecule has 43 heavy (non-hydrogen) atoms. The molecular weight excluding hydrogens is 552 g/mol. The van der Waals surface area contributed by atoms with Crippen LogP contribution in [0.5, 0.6) is 0 Å².